The van der Waals surface area contributed by atoms with Crippen molar-refractivity contribution in [2.45, 2.75) is 13.3 Å². The second kappa shape index (κ2) is 4.90. The van der Waals surface area contributed by atoms with Crippen molar-refractivity contribution in [1.82, 2.24) is 9.97 Å². The average molecular weight is 269 g/mol. The molecule has 0 amide bonds. The molecule has 2 aromatic rings. The van der Waals surface area contributed by atoms with E-state index in [1.165, 1.54) is 6.07 Å². The van der Waals surface area contributed by atoms with Gasteiger partial charge in [-0.3, -0.25) is 4.79 Å². The molecule has 88 valence electrons. The fourth-order valence-corrected chi connectivity index (χ4v) is 2.12. The van der Waals surface area contributed by atoms with Crippen molar-refractivity contribution in [2.24, 2.45) is 0 Å². The molecule has 1 aromatic carbocycles. The third kappa shape index (κ3) is 2.87. The zero-order valence-electron chi connectivity index (χ0n) is 9.13. The van der Waals surface area contributed by atoms with E-state index in [9.17, 15) is 4.79 Å². The topological polar surface area (TPSA) is 45.8 Å². The summed E-state index contributed by atoms with van der Waals surface area (Å²) in [4.78, 5) is 18.2. The largest absolute Gasteiger partial charge is 0.310 e. The van der Waals surface area contributed by atoms with E-state index in [1.54, 1.807) is 25.1 Å². The van der Waals surface area contributed by atoms with Crippen LogP contribution in [-0.4, -0.2) is 9.97 Å². The molecule has 1 heterocycles. The molecule has 1 aromatic heterocycles. The van der Waals surface area contributed by atoms with Crippen LogP contribution >= 0.6 is 23.2 Å². The molecule has 0 saturated heterocycles. The SMILES string of the molecule is Cc1cc(=O)[nH]c(Cc2c(Cl)cccc2Cl)n1. The molecule has 0 spiro atoms. The first kappa shape index (κ1) is 12.1. The van der Waals surface area contributed by atoms with E-state index < -0.39 is 0 Å². The minimum absolute atomic E-state index is 0.171. The highest BCUT2D eigenvalue weighted by atomic mass is 35.5. The van der Waals surface area contributed by atoms with Crippen LogP contribution in [-0.2, 0) is 6.42 Å². The summed E-state index contributed by atoms with van der Waals surface area (Å²) in [5.41, 5.74) is 1.27. The van der Waals surface area contributed by atoms with Gasteiger partial charge in [0.1, 0.15) is 5.82 Å². The molecule has 0 fully saturated rings. The number of H-pyrrole nitrogens is 1. The number of aromatic amines is 1. The highest BCUT2D eigenvalue weighted by Gasteiger charge is 2.08. The smallest absolute Gasteiger partial charge is 0.251 e. The first-order chi connectivity index (χ1) is 8.06. The maximum atomic E-state index is 11.3. The lowest BCUT2D eigenvalue weighted by molar-refractivity contribution is 0.921. The lowest BCUT2D eigenvalue weighted by Crippen LogP contribution is -2.11. The Morgan fingerprint density at radius 3 is 2.53 bits per heavy atom. The van der Waals surface area contributed by atoms with Gasteiger partial charge in [0, 0.05) is 28.2 Å². The molecular formula is C12H10Cl2N2O. The highest BCUT2D eigenvalue weighted by molar-refractivity contribution is 6.36. The predicted molar refractivity (Wildman–Crippen MR) is 68.9 cm³/mol. The second-order valence-electron chi connectivity index (χ2n) is 3.71. The quantitative estimate of drug-likeness (QED) is 0.910. The summed E-state index contributed by atoms with van der Waals surface area (Å²) >= 11 is 12.1. The number of benzene rings is 1. The van der Waals surface area contributed by atoms with Gasteiger partial charge in [0.15, 0.2) is 0 Å². The average Bonchev–Trinajstić information content (AvgIpc) is 2.22. The van der Waals surface area contributed by atoms with E-state index >= 15 is 0 Å². The highest BCUT2D eigenvalue weighted by Crippen LogP contribution is 2.25. The van der Waals surface area contributed by atoms with Gasteiger partial charge in [-0.1, -0.05) is 29.3 Å². The third-order valence-electron chi connectivity index (χ3n) is 2.32. The van der Waals surface area contributed by atoms with E-state index in [0.717, 1.165) is 5.56 Å². The van der Waals surface area contributed by atoms with Gasteiger partial charge in [0.25, 0.3) is 5.56 Å². The van der Waals surface area contributed by atoms with Gasteiger partial charge >= 0.3 is 0 Å². The van der Waals surface area contributed by atoms with Gasteiger partial charge in [0.2, 0.25) is 0 Å². The van der Waals surface area contributed by atoms with Crippen LogP contribution < -0.4 is 5.56 Å². The van der Waals surface area contributed by atoms with Crippen molar-refractivity contribution >= 4 is 23.2 Å². The Kier molecular flexibility index (Phi) is 3.50. The lowest BCUT2D eigenvalue weighted by Gasteiger charge is -2.06. The third-order valence-corrected chi connectivity index (χ3v) is 3.03. The number of hydrogen-bond donors (Lipinski definition) is 1. The molecule has 0 bridgehead atoms. The van der Waals surface area contributed by atoms with Crippen LogP contribution in [0.2, 0.25) is 10.0 Å². The molecule has 0 radical (unpaired) electrons. The van der Waals surface area contributed by atoms with Crippen molar-refractivity contribution in [3.8, 4) is 0 Å². The Morgan fingerprint density at radius 1 is 1.29 bits per heavy atom. The van der Waals surface area contributed by atoms with Crippen molar-refractivity contribution in [1.29, 1.82) is 0 Å². The van der Waals surface area contributed by atoms with Crippen molar-refractivity contribution < 1.29 is 0 Å². The number of rotatable bonds is 2. The molecule has 0 saturated carbocycles. The Balaban J connectivity index is 2.41. The van der Waals surface area contributed by atoms with Gasteiger partial charge in [-0.15, -0.1) is 0 Å². The van der Waals surface area contributed by atoms with Gasteiger partial charge in [0.05, 0.1) is 0 Å². The molecule has 1 N–H and O–H groups in total. The van der Waals surface area contributed by atoms with Gasteiger partial charge < -0.3 is 4.98 Å². The van der Waals surface area contributed by atoms with Crippen LogP contribution in [0, 0.1) is 6.92 Å². The summed E-state index contributed by atoms with van der Waals surface area (Å²) in [6, 6.07) is 6.74. The second-order valence-corrected chi connectivity index (χ2v) is 4.52. The minimum Gasteiger partial charge on any atom is -0.310 e. The molecule has 0 atom stereocenters. The molecule has 3 nitrogen and oxygen atoms in total. The van der Waals surface area contributed by atoms with E-state index in [-0.39, 0.29) is 5.56 Å². The maximum absolute atomic E-state index is 11.3. The minimum atomic E-state index is -0.171. The number of aromatic nitrogens is 2. The van der Waals surface area contributed by atoms with Crippen molar-refractivity contribution in [2.75, 3.05) is 0 Å². The Labute approximate surface area is 108 Å². The summed E-state index contributed by atoms with van der Waals surface area (Å²) in [6.07, 6.45) is 0.412. The van der Waals surface area contributed by atoms with Crippen LogP contribution in [0.25, 0.3) is 0 Å². The standard InChI is InChI=1S/C12H10Cl2N2O/c1-7-5-12(17)16-11(15-7)6-8-9(13)3-2-4-10(8)14/h2-5H,6H2,1H3,(H,15,16,17). The molecular weight excluding hydrogens is 259 g/mol. The monoisotopic (exact) mass is 268 g/mol. The zero-order chi connectivity index (χ0) is 12.4. The summed E-state index contributed by atoms with van der Waals surface area (Å²) in [5, 5.41) is 1.14. The fourth-order valence-electron chi connectivity index (χ4n) is 1.59. The number of hydrogen-bond acceptors (Lipinski definition) is 2. The molecule has 0 aliphatic carbocycles. The van der Waals surface area contributed by atoms with E-state index in [0.29, 0.717) is 28.0 Å². The summed E-state index contributed by atoms with van der Waals surface area (Å²) in [5.74, 6) is 0.560. The number of halogens is 2. The van der Waals surface area contributed by atoms with Gasteiger partial charge in [-0.2, -0.15) is 0 Å². The summed E-state index contributed by atoms with van der Waals surface area (Å²) < 4.78 is 0. The summed E-state index contributed by atoms with van der Waals surface area (Å²) in [6.45, 7) is 1.77. The molecule has 0 aliphatic heterocycles. The van der Waals surface area contributed by atoms with Gasteiger partial charge in [-0.25, -0.2) is 4.98 Å². The first-order valence-electron chi connectivity index (χ1n) is 5.06. The summed E-state index contributed by atoms with van der Waals surface area (Å²) in [7, 11) is 0. The Hall–Kier alpha value is -1.32. The number of nitrogens with one attached hydrogen (secondary N) is 1. The first-order valence-corrected chi connectivity index (χ1v) is 5.81. The van der Waals surface area contributed by atoms with E-state index in [1.807, 2.05) is 0 Å². The van der Waals surface area contributed by atoms with Crippen LogP contribution in [0.15, 0.2) is 29.1 Å². The maximum Gasteiger partial charge on any atom is 0.251 e. The molecule has 0 aliphatic rings. The molecule has 5 heteroatoms. The van der Waals surface area contributed by atoms with Crippen molar-refractivity contribution in [3.05, 3.63) is 61.7 Å². The number of aryl methyl sites for hydroxylation is 1. The Morgan fingerprint density at radius 2 is 1.94 bits per heavy atom. The van der Waals surface area contributed by atoms with Crippen LogP contribution in [0.5, 0.6) is 0 Å². The van der Waals surface area contributed by atoms with E-state index in [2.05, 4.69) is 9.97 Å². The zero-order valence-corrected chi connectivity index (χ0v) is 10.6. The fraction of sp³-hybridized carbons (Fsp3) is 0.167. The van der Waals surface area contributed by atoms with Crippen LogP contribution in [0.4, 0.5) is 0 Å². The molecule has 2 rings (SSSR count). The molecule has 17 heavy (non-hydrogen) atoms. The van der Waals surface area contributed by atoms with E-state index in [4.69, 9.17) is 23.2 Å². The van der Waals surface area contributed by atoms with Crippen LogP contribution in [0.3, 0.4) is 0 Å². The van der Waals surface area contributed by atoms with Crippen LogP contribution in [0.1, 0.15) is 17.1 Å². The lowest BCUT2D eigenvalue weighted by atomic mass is 10.1. The molecule has 0 unspecified atom stereocenters. The van der Waals surface area contributed by atoms with Crippen molar-refractivity contribution in [3.63, 3.8) is 0 Å². The predicted octanol–water partition coefficient (Wildman–Crippen LogP) is 2.98. The Bertz CT molecular complexity index is 587. The number of nitrogens with zero attached hydrogens (tertiary/aromatic N) is 1. The normalized spacial score (nSPS) is 10.5. The van der Waals surface area contributed by atoms with Gasteiger partial charge in [-0.05, 0) is 24.6 Å².